The molecule has 0 spiro atoms. The van der Waals surface area contributed by atoms with Gasteiger partial charge >= 0.3 is 0 Å². The van der Waals surface area contributed by atoms with Gasteiger partial charge in [0.1, 0.15) is 11.6 Å². The molecular weight excluding hydrogens is 346 g/mol. The van der Waals surface area contributed by atoms with Gasteiger partial charge in [-0.25, -0.2) is 4.98 Å². The van der Waals surface area contributed by atoms with E-state index in [1.807, 2.05) is 47.8 Å². The van der Waals surface area contributed by atoms with Crippen molar-refractivity contribution in [2.45, 2.75) is 12.8 Å². The van der Waals surface area contributed by atoms with Crippen molar-refractivity contribution in [1.29, 1.82) is 0 Å². The van der Waals surface area contributed by atoms with E-state index in [9.17, 15) is 4.79 Å². The number of pyridine rings is 1. The first-order valence-electron chi connectivity index (χ1n) is 8.38. The molecule has 1 amide bonds. The van der Waals surface area contributed by atoms with Crippen molar-refractivity contribution < 1.29 is 9.53 Å². The van der Waals surface area contributed by atoms with Crippen LogP contribution < -0.4 is 15.4 Å². The molecule has 0 saturated heterocycles. The molecule has 0 aliphatic heterocycles. The molecule has 0 saturated carbocycles. The lowest BCUT2D eigenvalue weighted by Crippen LogP contribution is -2.14. The molecule has 0 atom stereocenters. The Morgan fingerprint density at radius 3 is 2.77 bits per heavy atom. The molecule has 26 heavy (non-hydrogen) atoms. The summed E-state index contributed by atoms with van der Waals surface area (Å²) in [5, 5.41) is 8.12. The van der Waals surface area contributed by atoms with Gasteiger partial charge in [0, 0.05) is 11.4 Å². The van der Waals surface area contributed by atoms with Crippen LogP contribution in [-0.2, 0) is 17.6 Å². The number of nitrogens with zero attached hydrogens (tertiary/aromatic N) is 1. The van der Waals surface area contributed by atoms with Crippen LogP contribution in [0.3, 0.4) is 0 Å². The van der Waals surface area contributed by atoms with Crippen molar-refractivity contribution in [3.63, 3.8) is 0 Å². The third kappa shape index (κ3) is 5.07. The van der Waals surface area contributed by atoms with Gasteiger partial charge in [-0.3, -0.25) is 4.79 Å². The quantitative estimate of drug-likeness (QED) is 0.632. The highest BCUT2D eigenvalue weighted by molar-refractivity contribution is 7.10. The minimum atomic E-state index is -0.0360. The number of aromatic nitrogens is 1. The molecule has 0 bridgehead atoms. The van der Waals surface area contributed by atoms with Crippen LogP contribution in [0.2, 0.25) is 0 Å². The van der Waals surface area contributed by atoms with Crippen molar-refractivity contribution in [1.82, 2.24) is 4.98 Å². The molecule has 3 aromatic rings. The largest absolute Gasteiger partial charge is 0.496 e. The Labute approximate surface area is 157 Å². The van der Waals surface area contributed by atoms with Crippen LogP contribution >= 0.6 is 11.3 Å². The maximum Gasteiger partial charge on any atom is 0.229 e. The standard InChI is InChI=1S/C20H21N3O2S/c1-25-18-7-3-2-5-15(18)10-11-21-19-9-8-16(14-22-19)23-20(24)13-17-6-4-12-26-17/h2-9,12,14H,10-11,13H2,1H3,(H,21,22)(H,23,24). The van der Waals surface area contributed by atoms with Gasteiger partial charge in [0.05, 0.1) is 25.4 Å². The molecule has 2 aromatic heterocycles. The minimum absolute atomic E-state index is 0.0360. The lowest BCUT2D eigenvalue weighted by molar-refractivity contribution is -0.115. The fourth-order valence-electron chi connectivity index (χ4n) is 2.58. The number of carbonyl (C=O) groups is 1. The number of thiophene rings is 1. The fourth-order valence-corrected chi connectivity index (χ4v) is 3.29. The molecule has 2 heterocycles. The van der Waals surface area contributed by atoms with E-state index in [1.165, 1.54) is 0 Å². The number of amides is 1. The van der Waals surface area contributed by atoms with Crippen LogP contribution in [0.4, 0.5) is 11.5 Å². The van der Waals surface area contributed by atoms with Gasteiger partial charge in [-0.15, -0.1) is 11.3 Å². The molecule has 0 aliphatic rings. The molecule has 134 valence electrons. The summed E-state index contributed by atoms with van der Waals surface area (Å²) in [4.78, 5) is 17.4. The number of rotatable bonds is 8. The van der Waals surface area contributed by atoms with Gasteiger partial charge in [0.15, 0.2) is 0 Å². The Morgan fingerprint density at radius 2 is 2.04 bits per heavy atom. The second kappa shape index (κ2) is 9.01. The molecule has 0 radical (unpaired) electrons. The number of benzene rings is 1. The van der Waals surface area contributed by atoms with Gasteiger partial charge in [0.25, 0.3) is 0 Å². The zero-order valence-corrected chi connectivity index (χ0v) is 15.4. The second-order valence-corrected chi connectivity index (χ2v) is 6.76. The lowest BCUT2D eigenvalue weighted by Gasteiger charge is -2.10. The molecule has 0 aliphatic carbocycles. The molecule has 0 fully saturated rings. The average Bonchev–Trinajstić information content (AvgIpc) is 3.16. The van der Waals surface area contributed by atoms with E-state index in [2.05, 4.69) is 21.7 Å². The van der Waals surface area contributed by atoms with E-state index in [-0.39, 0.29) is 5.91 Å². The first-order valence-corrected chi connectivity index (χ1v) is 9.26. The summed E-state index contributed by atoms with van der Waals surface area (Å²) < 4.78 is 5.36. The van der Waals surface area contributed by atoms with Crippen molar-refractivity contribution in [3.8, 4) is 5.75 Å². The van der Waals surface area contributed by atoms with E-state index >= 15 is 0 Å². The van der Waals surface area contributed by atoms with Crippen LogP contribution in [0.25, 0.3) is 0 Å². The monoisotopic (exact) mass is 367 g/mol. The third-order valence-electron chi connectivity index (χ3n) is 3.86. The first kappa shape index (κ1) is 17.9. The van der Waals surface area contributed by atoms with Crippen LogP contribution in [-0.4, -0.2) is 24.5 Å². The highest BCUT2D eigenvalue weighted by Gasteiger charge is 2.06. The van der Waals surface area contributed by atoms with Crippen LogP contribution in [0, 0.1) is 0 Å². The van der Waals surface area contributed by atoms with Gasteiger partial charge in [-0.2, -0.15) is 0 Å². The summed E-state index contributed by atoms with van der Waals surface area (Å²) in [6, 6.07) is 15.6. The predicted molar refractivity (Wildman–Crippen MR) is 106 cm³/mol. The van der Waals surface area contributed by atoms with Gasteiger partial charge < -0.3 is 15.4 Å². The van der Waals surface area contributed by atoms with E-state index in [0.29, 0.717) is 12.1 Å². The predicted octanol–water partition coefficient (Wildman–Crippen LogP) is 3.99. The molecule has 3 rings (SSSR count). The van der Waals surface area contributed by atoms with Crippen molar-refractivity contribution in [3.05, 3.63) is 70.5 Å². The van der Waals surface area contributed by atoms with Gasteiger partial charge in [-0.1, -0.05) is 24.3 Å². The molecule has 1 aromatic carbocycles. The van der Waals surface area contributed by atoms with E-state index in [1.54, 1.807) is 24.6 Å². The molecule has 0 unspecified atom stereocenters. The van der Waals surface area contributed by atoms with Crippen LogP contribution in [0.5, 0.6) is 5.75 Å². The molecule has 6 heteroatoms. The number of nitrogens with one attached hydrogen (secondary N) is 2. The van der Waals surface area contributed by atoms with Crippen molar-refractivity contribution in [2.24, 2.45) is 0 Å². The molecular formula is C20H21N3O2S. The van der Waals surface area contributed by atoms with Crippen molar-refractivity contribution in [2.75, 3.05) is 24.3 Å². The summed E-state index contributed by atoms with van der Waals surface area (Å²) in [6.45, 7) is 0.747. The number of para-hydroxylation sites is 1. The Hall–Kier alpha value is -2.86. The van der Waals surface area contributed by atoms with E-state index in [0.717, 1.165) is 35.0 Å². The lowest BCUT2D eigenvalue weighted by atomic mass is 10.1. The first-order chi connectivity index (χ1) is 12.7. The zero-order valence-electron chi connectivity index (χ0n) is 14.6. The average molecular weight is 367 g/mol. The summed E-state index contributed by atoms with van der Waals surface area (Å²) in [5.74, 6) is 1.63. The Balaban J connectivity index is 1.47. The van der Waals surface area contributed by atoms with E-state index < -0.39 is 0 Å². The maximum absolute atomic E-state index is 12.0. The number of methoxy groups -OCH3 is 1. The van der Waals surface area contributed by atoms with E-state index in [4.69, 9.17) is 4.74 Å². The van der Waals surface area contributed by atoms with Crippen LogP contribution in [0.15, 0.2) is 60.1 Å². The molecule has 2 N–H and O–H groups in total. The van der Waals surface area contributed by atoms with Gasteiger partial charge in [-0.05, 0) is 41.6 Å². The fraction of sp³-hybridized carbons (Fsp3) is 0.200. The number of carbonyl (C=O) groups excluding carboxylic acids is 1. The summed E-state index contributed by atoms with van der Waals surface area (Å²) in [5.41, 5.74) is 1.85. The smallest absolute Gasteiger partial charge is 0.229 e. The number of ether oxygens (including phenoxy) is 1. The number of hydrogen-bond donors (Lipinski definition) is 2. The number of hydrogen-bond acceptors (Lipinski definition) is 5. The third-order valence-corrected chi connectivity index (χ3v) is 4.73. The van der Waals surface area contributed by atoms with Gasteiger partial charge in [0.2, 0.25) is 5.91 Å². The highest BCUT2D eigenvalue weighted by atomic mass is 32.1. The van der Waals surface area contributed by atoms with Crippen LogP contribution in [0.1, 0.15) is 10.4 Å². The number of anilines is 2. The summed E-state index contributed by atoms with van der Waals surface area (Å²) in [7, 11) is 1.68. The maximum atomic E-state index is 12.0. The van der Waals surface area contributed by atoms with Crippen molar-refractivity contribution >= 4 is 28.7 Å². The minimum Gasteiger partial charge on any atom is -0.496 e. The topological polar surface area (TPSA) is 63.2 Å². The second-order valence-electron chi connectivity index (χ2n) is 5.73. The Kier molecular flexibility index (Phi) is 6.22. The summed E-state index contributed by atoms with van der Waals surface area (Å²) in [6.07, 6.45) is 2.89. The SMILES string of the molecule is COc1ccccc1CCNc1ccc(NC(=O)Cc2cccs2)cn1. The summed E-state index contributed by atoms with van der Waals surface area (Å²) >= 11 is 1.58. The normalized spacial score (nSPS) is 10.3. The molecule has 5 nitrogen and oxygen atoms in total. The zero-order chi connectivity index (χ0) is 18.2. The Bertz CT molecular complexity index is 833. The Morgan fingerprint density at radius 1 is 1.15 bits per heavy atom. The highest BCUT2D eigenvalue weighted by Crippen LogP contribution is 2.18.